The Morgan fingerprint density at radius 1 is 1.12 bits per heavy atom. The summed E-state index contributed by atoms with van der Waals surface area (Å²) in [4.78, 5) is 14.2. The van der Waals surface area contributed by atoms with Crippen LogP contribution >= 0.6 is 11.7 Å². The first-order valence-corrected chi connectivity index (χ1v) is 9.77. The smallest absolute Gasteiger partial charge is 0.242 e. The second-order valence-corrected chi connectivity index (χ2v) is 8.06. The summed E-state index contributed by atoms with van der Waals surface area (Å²) in [5.74, 6) is -0.988. The highest BCUT2D eigenvalue weighted by molar-refractivity contribution is 7.92. The van der Waals surface area contributed by atoms with E-state index in [-0.39, 0.29) is 4.90 Å². The number of nitrogens with zero attached hydrogens (tertiary/aromatic N) is 3. The number of benzene rings is 2. The molecule has 0 unspecified atom stereocenters. The number of aromatic nitrogens is 2. The lowest BCUT2D eigenvalue weighted by Crippen LogP contribution is -2.34. The molecule has 1 aliphatic rings. The van der Waals surface area contributed by atoms with Crippen molar-refractivity contribution in [2.75, 3.05) is 17.2 Å². The summed E-state index contributed by atoms with van der Waals surface area (Å²) >= 11 is 0.958. The highest BCUT2D eigenvalue weighted by Crippen LogP contribution is 2.28. The second-order valence-electron chi connectivity index (χ2n) is 5.57. The van der Waals surface area contributed by atoms with E-state index in [1.54, 1.807) is 17.0 Å². The van der Waals surface area contributed by atoms with Gasteiger partial charge < -0.3 is 4.90 Å². The van der Waals surface area contributed by atoms with Gasteiger partial charge in [-0.1, -0.05) is 24.3 Å². The Morgan fingerprint density at radius 3 is 2.83 bits per heavy atom. The SMILES string of the molecule is O=C(CS(=O)(=O)c1cccc2nsnc12)N1CCc2ccccc21. The predicted molar refractivity (Wildman–Crippen MR) is 92.0 cm³/mol. The largest absolute Gasteiger partial charge is 0.311 e. The van der Waals surface area contributed by atoms with Crippen LogP contribution in [0.4, 0.5) is 5.69 Å². The molecule has 6 nitrogen and oxygen atoms in total. The minimum absolute atomic E-state index is 0.0644. The van der Waals surface area contributed by atoms with E-state index in [1.807, 2.05) is 24.3 Å². The van der Waals surface area contributed by atoms with Crippen molar-refractivity contribution in [2.45, 2.75) is 11.3 Å². The summed E-state index contributed by atoms with van der Waals surface area (Å²) < 4.78 is 33.5. The lowest BCUT2D eigenvalue weighted by atomic mass is 10.2. The zero-order valence-electron chi connectivity index (χ0n) is 12.5. The Labute approximate surface area is 143 Å². The van der Waals surface area contributed by atoms with Crippen molar-refractivity contribution >= 4 is 44.2 Å². The second kappa shape index (κ2) is 5.64. The van der Waals surface area contributed by atoms with E-state index >= 15 is 0 Å². The summed E-state index contributed by atoms with van der Waals surface area (Å²) in [6.45, 7) is 0.510. The van der Waals surface area contributed by atoms with Gasteiger partial charge in [-0.05, 0) is 30.2 Å². The molecule has 0 saturated carbocycles. The van der Waals surface area contributed by atoms with Crippen LogP contribution in [0, 0.1) is 0 Å². The number of para-hydroxylation sites is 1. The topological polar surface area (TPSA) is 80.2 Å². The zero-order valence-corrected chi connectivity index (χ0v) is 14.2. The van der Waals surface area contributed by atoms with Crippen LogP contribution in [0.25, 0.3) is 11.0 Å². The van der Waals surface area contributed by atoms with Gasteiger partial charge in [-0.2, -0.15) is 8.75 Å². The molecule has 2 aromatic carbocycles. The van der Waals surface area contributed by atoms with Crippen molar-refractivity contribution in [1.29, 1.82) is 0 Å². The number of fused-ring (bicyclic) bond motifs is 2. The van der Waals surface area contributed by atoms with Crippen LogP contribution in [0.2, 0.25) is 0 Å². The third-order valence-electron chi connectivity index (χ3n) is 4.09. The Morgan fingerprint density at radius 2 is 1.96 bits per heavy atom. The van der Waals surface area contributed by atoms with Crippen LogP contribution in [0.1, 0.15) is 5.56 Å². The van der Waals surface area contributed by atoms with E-state index in [9.17, 15) is 13.2 Å². The van der Waals surface area contributed by atoms with E-state index in [0.29, 0.717) is 17.6 Å². The molecule has 0 saturated heterocycles. The minimum atomic E-state index is -3.78. The first-order chi connectivity index (χ1) is 11.6. The number of rotatable bonds is 3. The highest BCUT2D eigenvalue weighted by atomic mass is 32.2. The Bertz CT molecular complexity index is 1040. The van der Waals surface area contributed by atoms with Crippen LogP contribution in [0.3, 0.4) is 0 Å². The molecule has 24 heavy (non-hydrogen) atoms. The first-order valence-electron chi connectivity index (χ1n) is 7.38. The maximum absolute atomic E-state index is 12.7. The summed E-state index contributed by atoms with van der Waals surface area (Å²) in [5, 5.41) is 0. The lowest BCUT2D eigenvalue weighted by molar-refractivity contribution is -0.116. The van der Waals surface area contributed by atoms with Crippen molar-refractivity contribution in [2.24, 2.45) is 0 Å². The van der Waals surface area contributed by atoms with Crippen LogP contribution in [-0.2, 0) is 21.1 Å². The Balaban J connectivity index is 1.65. The zero-order chi connectivity index (χ0) is 16.7. The van der Waals surface area contributed by atoms with Crippen molar-refractivity contribution in [1.82, 2.24) is 8.75 Å². The van der Waals surface area contributed by atoms with E-state index < -0.39 is 21.5 Å². The number of carbonyl (C=O) groups excluding carboxylic acids is 1. The number of anilines is 1. The van der Waals surface area contributed by atoms with Gasteiger partial charge in [0.1, 0.15) is 16.8 Å². The molecule has 8 heteroatoms. The molecule has 122 valence electrons. The summed E-state index contributed by atoms with van der Waals surface area (Å²) in [5.41, 5.74) is 2.72. The average molecular weight is 359 g/mol. The molecular weight excluding hydrogens is 346 g/mol. The number of sulfone groups is 1. The molecule has 0 aliphatic carbocycles. The molecule has 0 fully saturated rings. The third kappa shape index (κ3) is 2.47. The standard InChI is InChI=1S/C16H13N3O3S2/c20-15(19-9-8-11-4-1-2-6-13(11)19)10-24(21,22)14-7-3-5-12-16(14)18-23-17-12/h1-7H,8-10H2. The van der Waals surface area contributed by atoms with E-state index in [2.05, 4.69) is 8.75 Å². The molecular formula is C16H13N3O3S2. The van der Waals surface area contributed by atoms with Gasteiger partial charge in [0.25, 0.3) is 0 Å². The van der Waals surface area contributed by atoms with Crippen molar-refractivity contribution in [3.05, 3.63) is 48.0 Å². The van der Waals surface area contributed by atoms with Crippen LogP contribution in [0.5, 0.6) is 0 Å². The molecule has 0 bridgehead atoms. The van der Waals surface area contributed by atoms with E-state index in [1.165, 1.54) is 6.07 Å². The van der Waals surface area contributed by atoms with E-state index in [0.717, 1.165) is 29.4 Å². The molecule has 4 rings (SSSR count). The van der Waals surface area contributed by atoms with Crippen LogP contribution < -0.4 is 4.90 Å². The van der Waals surface area contributed by atoms with Crippen molar-refractivity contribution < 1.29 is 13.2 Å². The van der Waals surface area contributed by atoms with Crippen LogP contribution in [-0.4, -0.2) is 35.4 Å². The fourth-order valence-electron chi connectivity index (χ4n) is 2.95. The van der Waals surface area contributed by atoms with Gasteiger partial charge in [-0.15, -0.1) is 0 Å². The van der Waals surface area contributed by atoms with Gasteiger partial charge in [0.05, 0.1) is 16.6 Å². The van der Waals surface area contributed by atoms with Gasteiger partial charge in [-0.3, -0.25) is 4.79 Å². The number of hydrogen-bond acceptors (Lipinski definition) is 6. The van der Waals surface area contributed by atoms with E-state index in [4.69, 9.17) is 0 Å². The van der Waals surface area contributed by atoms with Crippen LogP contribution in [0.15, 0.2) is 47.4 Å². The predicted octanol–water partition coefficient (Wildman–Crippen LogP) is 2.05. The normalized spacial score (nSPS) is 14.1. The van der Waals surface area contributed by atoms with Gasteiger partial charge in [0, 0.05) is 12.2 Å². The van der Waals surface area contributed by atoms with Crippen molar-refractivity contribution in [3.63, 3.8) is 0 Å². The average Bonchev–Trinajstić information content (AvgIpc) is 3.20. The molecule has 3 aromatic rings. The third-order valence-corrected chi connectivity index (χ3v) is 6.25. The number of carbonyl (C=O) groups is 1. The first kappa shape index (κ1) is 15.2. The van der Waals surface area contributed by atoms with Gasteiger partial charge in [-0.25, -0.2) is 8.42 Å². The highest BCUT2D eigenvalue weighted by Gasteiger charge is 2.30. The summed E-state index contributed by atoms with van der Waals surface area (Å²) in [6, 6.07) is 12.4. The Hall–Kier alpha value is -2.32. The number of hydrogen-bond donors (Lipinski definition) is 0. The lowest BCUT2D eigenvalue weighted by Gasteiger charge is -2.17. The molecule has 1 aromatic heterocycles. The minimum Gasteiger partial charge on any atom is -0.311 e. The molecule has 0 spiro atoms. The molecule has 0 radical (unpaired) electrons. The maximum atomic E-state index is 12.7. The van der Waals surface area contributed by atoms with Gasteiger partial charge in [0.2, 0.25) is 5.91 Å². The van der Waals surface area contributed by atoms with Gasteiger partial charge in [0.15, 0.2) is 9.84 Å². The molecule has 0 N–H and O–H groups in total. The molecule has 1 aliphatic heterocycles. The molecule has 0 atom stereocenters. The quantitative estimate of drug-likeness (QED) is 0.715. The molecule has 2 heterocycles. The molecule has 1 amide bonds. The van der Waals surface area contributed by atoms with Gasteiger partial charge >= 0.3 is 0 Å². The Kier molecular flexibility index (Phi) is 3.58. The fraction of sp³-hybridized carbons (Fsp3) is 0.188. The summed E-state index contributed by atoms with van der Waals surface area (Å²) in [7, 11) is -3.78. The monoisotopic (exact) mass is 359 g/mol. The maximum Gasteiger partial charge on any atom is 0.242 e. The van der Waals surface area contributed by atoms with Crippen molar-refractivity contribution in [3.8, 4) is 0 Å². The fourth-order valence-corrected chi connectivity index (χ4v) is 4.92. The number of amides is 1. The summed E-state index contributed by atoms with van der Waals surface area (Å²) in [6.07, 6.45) is 0.744.